The second-order valence-corrected chi connectivity index (χ2v) is 10.4. The molecule has 0 saturated heterocycles. The molecule has 0 aliphatic carbocycles. The van der Waals surface area contributed by atoms with E-state index >= 15 is 0 Å². The summed E-state index contributed by atoms with van der Waals surface area (Å²) in [7, 11) is 0. The Morgan fingerprint density at radius 1 is 0.543 bits per heavy atom. The maximum absolute atomic E-state index is 12.3. The fraction of sp³-hybridized carbons (Fsp3) is 0.400. The molecule has 3 unspecified atom stereocenters. The number of carbonyl (C=O) groups is 3. The highest BCUT2D eigenvalue weighted by Crippen LogP contribution is 2.13. The van der Waals surface area contributed by atoms with Gasteiger partial charge in [0.1, 0.15) is 0 Å². The van der Waals surface area contributed by atoms with E-state index in [1.54, 1.807) is 36.4 Å². The number of aromatic nitrogens is 3. The van der Waals surface area contributed by atoms with Gasteiger partial charge >= 0.3 is 0 Å². The fourth-order valence-electron chi connectivity index (χ4n) is 3.94. The normalized spacial score (nSPS) is 13.1. The zero-order valence-electron chi connectivity index (χ0n) is 25.0. The number of aliphatic hydroxyl groups is 6. The van der Waals surface area contributed by atoms with Crippen molar-refractivity contribution in [1.29, 1.82) is 0 Å². The lowest BCUT2D eigenvalue weighted by molar-refractivity contribution is 0.0798. The standard InChI is InChI=1S/C30H39N7O9/c38-16-25(41)10-34-28(44)19-1-4-22(31-7-19)13-37(14-23-5-2-20(8-32-23)29(45)35-11-26(42)17-39)15-24-6-3-21(9-33-24)30(46)36-12-27(43)18-40/h1-9,25-27,38-43H,10-18H2,(H,34,44)(H,35,45)(H,36,46). The number of amides is 3. The molecule has 0 aliphatic heterocycles. The zero-order valence-corrected chi connectivity index (χ0v) is 25.0. The number of hydrogen-bond donors (Lipinski definition) is 9. The summed E-state index contributed by atoms with van der Waals surface area (Å²) >= 11 is 0. The molecule has 3 amide bonds. The van der Waals surface area contributed by atoms with Gasteiger partial charge in [-0.3, -0.25) is 34.2 Å². The van der Waals surface area contributed by atoms with Crippen molar-refractivity contribution in [2.24, 2.45) is 0 Å². The predicted molar refractivity (Wildman–Crippen MR) is 162 cm³/mol. The molecule has 0 spiro atoms. The van der Waals surface area contributed by atoms with Crippen molar-refractivity contribution < 1.29 is 45.0 Å². The molecular weight excluding hydrogens is 602 g/mol. The van der Waals surface area contributed by atoms with Gasteiger partial charge in [-0.1, -0.05) is 0 Å². The van der Waals surface area contributed by atoms with E-state index in [1.807, 2.05) is 4.90 Å². The van der Waals surface area contributed by atoms with Gasteiger partial charge in [-0.15, -0.1) is 0 Å². The predicted octanol–water partition coefficient (Wildman–Crippen LogP) is -2.68. The third-order valence-corrected chi connectivity index (χ3v) is 6.54. The van der Waals surface area contributed by atoms with Crippen LogP contribution in [-0.2, 0) is 19.6 Å². The number of pyridine rings is 3. The number of rotatable bonds is 18. The molecule has 0 aliphatic rings. The Morgan fingerprint density at radius 3 is 1.04 bits per heavy atom. The largest absolute Gasteiger partial charge is 0.394 e. The molecule has 46 heavy (non-hydrogen) atoms. The Kier molecular flexibility index (Phi) is 14.5. The zero-order chi connectivity index (χ0) is 33.5. The van der Waals surface area contributed by atoms with Crippen molar-refractivity contribution in [3.8, 4) is 0 Å². The van der Waals surface area contributed by atoms with Crippen LogP contribution in [-0.4, -0.2) is 126 Å². The summed E-state index contributed by atoms with van der Waals surface area (Å²) in [6.07, 6.45) is 0.971. The first kappa shape index (κ1) is 36.1. The van der Waals surface area contributed by atoms with Crippen LogP contribution in [0.3, 0.4) is 0 Å². The van der Waals surface area contributed by atoms with Gasteiger partial charge in [0.15, 0.2) is 0 Å². The van der Waals surface area contributed by atoms with Crippen LogP contribution in [0.2, 0.25) is 0 Å². The molecule has 3 rings (SSSR count). The molecule has 0 aromatic carbocycles. The molecule has 3 aromatic heterocycles. The fourth-order valence-corrected chi connectivity index (χ4v) is 3.94. The van der Waals surface area contributed by atoms with Gasteiger partial charge in [0.05, 0.1) is 71.9 Å². The van der Waals surface area contributed by atoms with Crippen LogP contribution in [0.25, 0.3) is 0 Å². The van der Waals surface area contributed by atoms with Gasteiger partial charge in [0.25, 0.3) is 17.7 Å². The summed E-state index contributed by atoms with van der Waals surface area (Å²) in [5.74, 6) is -1.37. The number of carbonyl (C=O) groups excluding carboxylic acids is 3. The third-order valence-electron chi connectivity index (χ3n) is 6.54. The molecule has 3 aromatic rings. The van der Waals surface area contributed by atoms with E-state index in [2.05, 4.69) is 30.9 Å². The highest BCUT2D eigenvalue weighted by Gasteiger charge is 2.16. The van der Waals surface area contributed by atoms with Crippen LogP contribution in [0, 0.1) is 0 Å². The topological polar surface area (TPSA) is 251 Å². The Balaban J connectivity index is 1.72. The van der Waals surface area contributed by atoms with Crippen LogP contribution in [0.4, 0.5) is 0 Å². The van der Waals surface area contributed by atoms with Crippen molar-refractivity contribution in [1.82, 2.24) is 35.8 Å². The summed E-state index contributed by atoms with van der Waals surface area (Å²) in [6.45, 7) is -0.862. The average Bonchev–Trinajstić information content (AvgIpc) is 3.08. The minimum atomic E-state index is -1.07. The molecule has 0 bridgehead atoms. The van der Waals surface area contributed by atoms with E-state index in [1.165, 1.54) is 18.6 Å². The van der Waals surface area contributed by atoms with Crippen LogP contribution >= 0.6 is 0 Å². The molecule has 16 heteroatoms. The second-order valence-electron chi connectivity index (χ2n) is 10.4. The SMILES string of the molecule is O=C(NCC(O)CO)c1ccc(CN(Cc2ccc(C(=O)NCC(O)CO)cn2)Cc2ccc(C(=O)NCC(O)CO)cn2)nc1. The molecule has 3 atom stereocenters. The molecular formula is C30H39N7O9. The lowest BCUT2D eigenvalue weighted by Crippen LogP contribution is -2.34. The maximum atomic E-state index is 12.3. The summed E-state index contributed by atoms with van der Waals surface area (Å²) in [6, 6.07) is 9.77. The van der Waals surface area contributed by atoms with Crippen LogP contribution in [0.5, 0.6) is 0 Å². The van der Waals surface area contributed by atoms with E-state index in [-0.39, 0.29) is 36.3 Å². The summed E-state index contributed by atoms with van der Waals surface area (Å²) < 4.78 is 0. The van der Waals surface area contributed by atoms with Gasteiger partial charge in [-0.05, 0) is 36.4 Å². The monoisotopic (exact) mass is 641 g/mol. The summed E-state index contributed by atoms with van der Waals surface area (Å²) in [4.78, 5) is 52.1. The van der Waals surface area contributed by atoms with Crippen molar-refractivity contribution in [2.45, 2.75) is 37.9 Å². The summed E-state index contributed by atoms with van der Waals surface area (Å²) in [5.41, 5.74) is 2.65. The lowest BCUT2D eigenvalue weighted by atomic mass is 10.2. The van der Waals surface area contributed by atoms with Crippen LogP contribution in [0.1, 0.15) is 48.2 Å². The van der Waals surface area contributed by atoms with Crippen LogP contribution < -0.4 is 16.0 Å². The first-order valence-electron chi connectivity index (χ1n) is 14.4. The number of nitrogens with zero attached hydrogens (tertiary/aromatic N) is 4. The molecule has 0 fully saturated rings. The smallest absolute Gasteiger partial charge is 0.252 e. The van der Waals surface area contributed by atoms with Gasteiger partial charge in [-0.2, -0.15) is 0 Å². The van der Waals surface area contributed by atoms with E-state index < -0.39 is 55.9 Å². The Labute approximate surface area is 264 Å². The van der Waals surface area contributed by atoms with Crippen molar-refractivity contribution >= 4 is 17.7 Å². The minimum Gasteiger partial charge on any atom is -0.394 e. The average molecular weight is 642 g/mol. The van der Waals surface area contributed by atoms with Gasteiger partial charge in [-0.25, -0.2) is 0 Å². The Hall–Kier alpha value is -4.42. The quantitative estimate of drug-likeness (QED) is 0.0688. The third kappa shape index (κ3) is 11.8. The molecule has 0 radical (unpaired) electrons. The Morgan fingerprint density at radius 2 is 0.826 bits per heavy atom. The highest BCUT2D eigenvalue weighted by atomic mass is 16.3. The van der Waals surface area contributed by atoms with Gasteiger partial charge in [0, 0.05) is 57.9 Å². The van der Waals surface area contributed by atoms with Gasteiger partial charge < -0.3 is 46.6 Å². The molecule has 0 saturated carbocycles. The Bertz CT molecular complexity index is 1220. The van der Waals surface area contributed by atoms with Crippen molar-refractivity contribution in [3.63, 3.8) is 0 Å². The number of hydrogen-bond acceptors (Lipinski definition) is 13. The lowest BCUT2D eigenvalue weighted by Gasteiger charge is -2.22. The van der Waals surface area contributed by atoms with Crippen LogP contribution in [0.15, 0.2) is 55.0 Å². The van der Waals surface area contributed by atoms with E-state index in [0.29, 0.717) is 36.7 Å². The van der Waals surface area contributed by atoms with E-state index in [4.69, 9.17) is 15.3 Å². The van der Waals surface area contributed by atoms with Crippen molar-refractivity contribution in [2.75, 3.05) is 39.5 Å². The molecule has 248 valence electrons. The maximum Gasteiger partial charge on any atom is 0.252 e. The summed E-state index contributed by atoms with van der Waals surface area (Å²) in [5, 5.41) is 62.7. The number of aliphatic hydroxyl groups excluding tert-OH is 6. The molecule has 9 N–H and O–H groups in total. The minimum absolute atomic E-state index is 0.110. The second kappa shape index (κ2) is 18.5. The first-order valence-corrected chi connectivity index (χ1v) is 14.4. The number of nitrogens with one attached hydrogen (secondary N) is 3. The van der Waals surface area contributed by atoms with E-state index in [0.717, 1.165) is 0 Å². The highest BCUT2D eigenvalue weighted by molar-refractivity contribution is 5.94. The molecule has 16 nitrogen and oxygen atoms in total. The van der Waals surface area contributed by atoms with Gasteiger partial charge in [0.2, 0.25) is 0 Å². The first-order chi connectivity index (χ1) is 22.1. The molecule has 3 heterocycles. The van der Waals surface area contributed by atoms with E-state index in [9.17, 15) is 29.7 Å². The van der Waals surface area contributed by atoms with Crippen molar-refractivity contribution in [3.05, 3.63) is 88.8 Å².